The lowest BCUT2D eigenvalue weighted by Crippen LogP contribution is -2.40. The van der Waals surface area contributed by atoms with Gasteiger partial charge in [0, 0.05) is 37.4 Å². The average Bonchev–Trinajstić information content (AvgIpc) is 3.62. The van der Waals surface area contributed by atoms with Gasteiger partial charge in [0.1, 0.15) is 24.3 Å². The van der Waals surface area contributed by atoms with Crippen molar-refractivity contribution in [1.29, 1.82) is 0 Å². The minimum Gasteiger partial charge on any atom is -0.485 e. The van der Waals surface area contributed by atoms with E-state index in [0.29, 0.717) is 37.7 Å². The Kier molecular flexibility index (Phi) is 6.83. The zero-order valence-corrected chi connectivity index (χ0v) is 24.2. The fourth-order valence-electron chi connectivity index (χ4n) is 6.66. The highest BCUT2D eigenvalue weighted by Crippen LogP contribution is 2.39. The van der Waals surface area contributed by atoms with Crippen molar-refractivity contribution >= 4 is 17.6 Å². The van der Waals surface area contributed by atoms with Gasteiger partial charge in [0.25, 0.3) is 5.91 Å². The Morgan fingerprint density at radius 3 is 2.80 bits per heavy atom. The number of hydrogen-bond acceptors (Lipinski definition) is 6. The molecular formula is C32H38N6O3. The van der Waals surface area contributed by atoms with Gasteiger partial charge < -0.3 is 24.8 Å². The molecule has 1 aliphatic carbocycles. The normalized spacial score (nSPS) is 19.3. The summed E-state index contributed by atoms with van der Waals surface area (Å²) in [6, 6.07) is 8.17. The first-order chi connectivity index (χ1) is 19.6. The van der Waals surface area contributed by atoms with Gasteiger partial charge in [0.15, 0.2) is 11.6 Å². The number of rotatable bonds is 7. The Labute approximate surface area is 241 Å². The van der Waals surface area contributed by atoms with Crippen LogP contribution in [0.1, 0.15) is 59.6 Å². The van der Waals surface area contributed by atoms with Crippen LogP contribution in [0.3, 0.4) is 0 Å². The lowest BCUT2D eigenvalue weighted by Gasteiger charge is -2.30. The quantitative estimate of drug-likeness (QED) is 0.440. The number of carbonyl (C=O) groups excluding carboxylic acids is 2. The lowest BCUT2D eigenvalue weighted by molar-refractivity contribution is -0.127. The number of amides is 2. The van der Waals surface area contributed by atoms with Gasteiger partial charge in [-0.05, 0) is 72.9 Å². The summed E-state index contributed by atoms with van der Waals surface area (Å²) in [6.07, 6.45) is 6.62. The minimum atomic E-state index is -0.0896. The van der Waals surface area contributed by atoms with Crippen LogP contribution < -0.4 is 10.5 Å². The number of anilines is 1. The maximum Gasteiger partial charge on any atom is 0.270 e. The van der Waals surface area contributed by atoms with Gasteiger partial charge >= 0.3 is 0 Å². The summed E-state index contributed by atoms with van der Waals surface area (Å²) in [5.74, 6) is 0.685. The van der Waals surface area contributed by atoms with Crippen LogP contribution in [0.15, 0.2) is 43.2 Å². The fourth-order valence-corrected chi connectivity index (χ4v) is 6.66. The SMILES string of the molecule is C=CC(=O)N1CCC[C@H]1COc1c(N)ncnc1-c1ccc(CN2CCn3c(cc4c3CC(C)(C)C4)C2=O)c(C)c1. The van der Waals surface area contributed by atoms with Crippen molar-refractivity contribution in [3.8, 4) is 17.0 Å². The maximum absolute atomic E-state index is 13.5. The molecule has 1 fully saturated rings. The van der Waals surface area contributed by atoms with Crippen LogP contribution >= 0.6 is 0 Å². The van der Waals surface area contributed by atoms with E-state index >= 15 is 0 Å². The standard InChI is InChI=1S/C32H38N6O3/c1-5-27(39)37-10-6-7-24(37)18-41-29-28(34-19-35-30(29)33)21-8-9-22(20(2)13-21)17-36-11-12-38-25(31(36)40)14-23-15-32(3,4)16-26(23)38/h5,8-9,13-14,19,24H,1,6-7,10-12,15-18H2,2-4H3,(H2,33,34,35)/t24-/m0/s1. The fraction of sp³-hybridized carbons (Fsp3) is 0.438. The number of hydrogen-bond donors (Lipinski definition) is 1. The Hall–Kier alpha value is -4.14. The summed E-state index contributed by atoms with van der Waals surface area (Å²) in [5.41, 5.74) is 13.6. The Morgan fingerprint density at radius 1 is 1.20 bits per heavy atom. The molecule has 0 radical (unpaired) electrons. The molecule has 1 saturated heterocycles. The number of nitrogen functional groups attached to an aromatic ring is 1. The van der Waals surface area contributed by atoms with E-state index in [4.69, 9.17) is 10.5 Å². The first-order valence-corrected chi connectivity index (χ1v) is 14.4. The molecule has 2 aliphatic heterocycles. The van der Waals surface area contributed by atoms with E-state index in [1.165, 1.54) is 23.7 Å². The molecule has 0 saturated carbocycles. The number of carbonyl (C=O) groups is 2. The van der Waals surface area contributed by atoms with Crippen LogP contribution in [-0.4, -0.2) is 61.9 Å². The van der Waals surface area contributed by atoms with Crippen LogP contribution in [0.2, 0.25) is 0 Å². The summed E-state index contributed by atoms with van der Waals surface area (Å²) >= 11 is 0. The van der Waals surface area contributed by atoms with E-state index < -0.39 is 0 Å². The molecule has 0 spiro atoms. The molecule has 41 heavy (non-hydrogen) atoms. The van der Waals surface area contributed by atoms with Gasteiger partial charge in [-0.3, -0.25) is 9.59 Å². The molecule has 3 aromatic rings. The van der Waals surface area contributed by atoms with Crippen molar-refractivity contribution in [1.82, 2.24) is 24.3 Å². The topological polar surface area (TPSA) is 107 Å². The summed E-state index contributed by atoms with van der Waals surface area (Å²) in [4.78, 5) is 38.1. The van der Waals surface area contributed by atoms with Crippen molar-refractivity contribution < 1.29 is 14.3 Å². The van der Waals surface area contributed by atoms with Crippen molar-refractivity contribution in [3.63, 3.8) is 0 Å². The highest BCUT2D eigenvalue weighted by Gasteiger charge is 2.36. The van der Waals surface area contributed by atoms with Crippen molar-refractivity contribution in [2.24, 2.45) is 5.41 Å². The molecule has 0 unspecified atom stereocenters. The molecule has 1 aromatic carbocycles. The Bertz CT molecular complexity index is 1540. The number of benzene rings is 1. The van der Waals surface area contributed by atoms with E-state index in [1.54, 1.807) is 4.90 Å². The highest BCUT2D eigenvalue weighted by molar-refractivity contribution is 5.94. The Morgan fingerprint density at radius 2 is 2.02 bits per heavy atom. The molecule has 214 valence electrons. The first kappa shape index (κ1) is 27.1. The Balaban J connectivity index is 1.18. The average molecular weight is 555 g/mol. The minimum absolute atomic E-state index is 0.0482. The molecule has 1 atom stereocenters. The zero-order valence-electron chi connectivity index (χ0n) is 24.2. The smallest absolute Gasteiger partial charge is 0.270 e. The van der Waals surface area contributed by atoms with Gasteiger partial charge in [-0.2, -0.15) is 0 Å². The number of nitrogens with two attached hydrogens (primary N) is 1. The van der Waals surface area contributed by atoms with E-state index in [9.17, 15) is 9.59 Å². The number of ether oxygens (including phenoxy) is 1. The number of nitrogens with zero attached hydrogens (tertiary/aromatic N) is 5. The van der Waals surface area contributed by atoms with E-state index in [-0.39, 0.29) is 29.1 Å². The summed E-state index contributed by atoms with van der Waals surface area (Å²) in [7, 11) is 0. The third kappa shape index (κ3) is 4.98. The molecule has 0 bridgehead atoms. The third-order valence-corrected chi connectivity index (χ3v) is 8.78. The van der Waals surface area contributed by atoms with Gasteiger partial charge in [-0.1, -0.05) is 32.6 Å². The lowest BCUT2D eigenvalue weighted by atomic mass is 9.90. The summed E-state index contributed by atoms with van der Waals surface area (Å²) in [6.45, 7) is 13.3. The van der Waals surface area contributed by atoms with Crippen molar-refractivity contribution in [2.75, 3.05) is 25.4 Å². The largest absolute Gasteiger partial charge is 0.485 e. The molecule has 2 N–H and O–H groups in total. The van der Waals surface area contributed by atoms with Crippen LogP contribution in [0.25, 0.3) is 11.3 Å². The van der Waals surface area contributed by atoms with Crippen LogP contribution in [0.4, 0.5) is 5.82 Å². The molecule has 9 nitrogen and oxygen atoms in total. The molecule has 2 amide bonds. The first-order valence-electron chi connectivity index (χ1n) is 14.4. The summed E-state index contributed by atoms with van der Waals surface area (Å²) < 4.78 is 8.42. The number of likely N-dealkylation sites (tertiary alicyclic amines) is 1. The molecule has 4 heterocycles. The van der Waals surface area contributed by atoms with Gasteiger partial charge in [0.05, 0.1) is 6.04 Å². The zero-order chi connectivity index (χ0) is 28.9. The molecule has 9 heteroatoms. The maximum atomic E-state index is 13.5. The number of fused-ring (bicyclic) bond motifs is 3. The van der Waals surface area contributed by atoms with E-state index in [2.05, 4.69) is 60.1 Å². The third-order valence-electron chi connectivity index (χ3n) is 8.78. The van der Waals surface area contributed by atoms with Gasteiger partial charge in [-0.25, -0.2) is 9.97 Å². The predicted molar refractivity (Wildman–Crippen MR) is 157 cm³/mol. The van der Waals surface area contributed by atoms with Crippen LogP contribution in [-0.2, 0) is 30.7 Å². The van der Waals surface area contributed by atoms with Crippen LogP contribution in [0, 0.1) is 12.3 Å². The van der Waals surface area contributed by atoms with Gasteiger partial charge in [0.2, 0.25) is 5.91 Å². The number of aryl methyl sites for hydroxylation is 1. The molecule has 6 rings (SSSR count). The van der Waals surface area contributed by atoms with Crippen LogP contribution in [0.5, 0.6) is 5.75 Å². The highest BCUT2D eigenvalue weighted by atomic mass is 16.5. The molecule has 2 aromatic heterocycles. The van der Waals surface area contributed by atoms with E-state index in [0.717, 1.165) is 54.6 Å². The van der Waals surface area contributed by atoms with Crippen molar-refractivity contribution in [2.45, 2.75) is 65.6 Å². The second-order valence-electron chi connectivity index (χ2n) is 12.3. The monoisotopic (exact) mass is 554 g/mol. The second kappa shape index (κ2) is 10.4. The van der Waals surface area contributed by atoms with Gasteiger partial charge in [-0.15, -0.1) is 0 Å². The van der Waals surface area contributed by atoms with E-state index in [1.807, 2.05) is 11.0 Å². The second-order valence-corrected chi connectivity index (χ2v) is 12.3. The summed E-state index contributed by atoms with van der Waals surface area (Å²) in [5, 5.41) is 0. The predicted octanol–water partition coefficient (Wildman–Crippen LogP) is 4.17. The molecular weight excluding hydrogens is 516 g/mol. The number of aromatic nitrogens is 3. The molecule has 3 aliphatic rings. The van der Waals surface area contributed by atoms with Crippen molar-refractivity contribution in [3.05, 3.63) is 71.3 Å².